The molecule has 28 heavy (non-hydrogen) atoms. The van der Waals surface area contributed by atoms with Gasteiger partial charge in [-0.2, -0.15) is 4.31 Å². The Hall–Kier alpha value is -2.09. The van der Waals surface area contributed by atoms with E-state index in [9.17, 15) is 13.2 Å². The van der Waals surface area contributed by atoms with Gasteiger partial charge in [0, 0.05) is 24.7 Å². The highest BCUT2D eigenvalue weighted by Crippen LogP contribution is 2.21. The van der Waals surface area contributed by atoms with Crippen molar-refractivity contribution >= 4 is 27.5 Å². The number of carbonyl (C=O) groups excluding carboxylic acids is 1. The van der Waals surface area contributed by atoms with E-state index in [-0.39, 0.29) is 17.3 Å². The Balaban J connectivity index is 1.54. The number of hydrogen-bond acceptors (Lipinski definition) is 4. The van der Waals surface area contributed by atoms with Crippen LogP contribution in [0.15, 0.2) is 53.4 Å². The highest BCUT2D eigenvalue weighted by Gasteiger charge is 2.26. The summed E-state index contributed by atoms with van der Waals surface area (Å²) in [7, 11) is -3.42. The van der Waals surface area contributed by atoms with Crippen LogP contribution < -0.4 is 10.1 Å². The Morgan fingerprint density at radius 1 is 1.11 bits per heavy atom. The Morgan fingerprint density at radius 2 is 1.71 bits per heavy atom. The van der Waals surface area contributed by atoms with Gasteiger partial charge in [-0.05, 0) is 61.7 Å². The number of ether oxygens (including phenoxy) is 1. The van der Waals surface area contributed by atoms with Gasteiger partial charge in [-0.15, -0.1) is 0 Å². The number of carbonyl (C=O) groups is 1. The molecule has 0 aliphatic carbocycles. The van der Waals surface area contributed by atoms with Crippen LogP contribution in [0, 0.1) is 0 Å². The van der Waals surface area contributed by atoms with Crippen LogP contribution in [-0.4, -0.2) is 37.8 Å². The van der Waals surface area contributed by atoms with E-state index in [1.807, 2.05) is 0 Å². The standard InChI is InChI=1S/C20H23ClN2O4S/c1-15(27-18-8-6-17(21)7-9-18)20(24)22-14-16-4-10-19(11-5-16)28(25,26)23-12-2-3-13-23/h4-11,15H,2-3,12-14H2,1H3,(H,22,24). The molecule has 0 saturated carbocycles. The summed E-state index contributed by atoms with van der Waals surface area (Å²) in [5.74, 6) is 0.298. The second-order valence-electron chi connectivity index (χ2n) is 6.69. The van der Waals surface area contributed by atoms with Crippen LogP contribution in [0.25, 0.3) is 0 Å². The first-order valence-electron chi connectivity index (χ1n) is 9.15. The molecule has 0 aromatic heterocycles. The Bertz CT molecular complexity index is 908. The molecule has 3 rings (SSSR count). The third kappa shape index (κ3) is 5.04. The van der Waals surface area contributed by atoms with Crippen molar-refractivity contribution < 1.29 is 17.9 Å². The van der Waals surface area contributed by atoms with Gasteiger partial charge in [0.2, 0.25) is 10.0 Å². The molecule has 1 fully saturated rings. The van der Waals surface area contributed by atoms with Crippen LogP contribution >= 0.6 is 11.6 Å². The van der Waals surface area contributed by atoms with Gasteiger partial charge in [0.15, 0.2) is 6.10 Å². The van der Waals surface area contributed by atoms with Crippen molar-refractivity contribution in [1.29, 1.82) is 0 Å². The number of nitrogens with zero attached hydrogens (tertiary/aromatic N) is 1. The lowest BCUT2D eigenvalue weighted by Gasteiger charge is -2.16. The van der Waals surface area contributed by atoms with E-state index in [1.54, 1.807) is 55.5 Å². The topological polar surface area (TPSA) is 75.7 Å². The maximum atomic E-state index is 12.5. The van der Waals surface area contributed by atoms with Gasteiger partial charge in [0.05, 0.1) is 4.90 Å². The molecule has 2 aromatic rings. The normalized spacial score (nSPS) is 15.9. The molecule has 8 heteroatoms. The quantitative estimate of drug-likeness (QED) is 0.743. The predicted octanol–water partition coefficient (Wildman–Crippen LogP) is 3.21. The fraction of sp³-hybridized carbons (Fsp3) is 0.350. The van der Waals surface area contributed by atoms with Gasteiger partial charge in [0.1, 0.15) is 5.75 Å². The molecule has 150 valence electrons. The van der Waals surface area contributed by atoms with Gasteiger partial charge in [0.25, 0.3) is 5.91 Å². The molecule has 1 aliphatic rings. The Morgan fingerprint density at radius 3 is 2.32 bits per heavy atom. The molecule has 2 aromatic carbocycles. The minimum atomic E-state index is -3.42. The summed E-state index contributed by atoms with van der Waals surface area (Å²) in [5.41, 5.74) is 0.812. The number of benzene rings is 2. The van der Waals surface area contributed by atoms with Crippen molar-refractivity contribution in [2.45, 2.75) is 37.3 Å². The lowest BCUT2D eigenvalue weighted by atomic mass is 10.2. The van der Waals surface area contributed by atoms with Crippen LogP contribution in [0.2, 0.25) is 5.02 Å². The summed E-state index contributed by atoms with van der Waals surface area (Å²) in [4.78, 5) is 12.5. The van der Waals surface area contributed by atoms with Gasteiger partial charge < -0.3 is 10.1 Å². The lowest BCUT2D eigenvalue weighted by Crippen LogP contribution is -2.35. The summed E-state index contributed by atoms with van der Waals surface area (Å²) >= 11 is 5.83. The number of sulfonamides is 1. The highest BCUT2D eigenvalue weighted by molar-refractivity contribution is 7.89. The van der Waals surface area contributed by atoms with Crippen LogP contribution in [0.5, 0.6) is 5.75 Å². The van der Waals surface area contributed by atoms with Gasteiger partial charge >= 0.3 is 0 Å². The van der Waals surface area contributed by atoms with E-state index in [1.165, 1.54) is 4.31 Å². The highest BCUT2D eigenvalue weighted by atomic mass is 35.5. The van der Waals surface area contributed by atoms with E-state index in [0.717, 1.165) is 18.4 Å². The molecule has 6 nitrogen and oxygen atoms in total. The predicted molar refractivity (Wildman–Crippen MR) is 108 cm³/mol. The molecular weight excluding hydrogens is 400 g/mol. The summed E-state index contributed by atoms with van der Waals surface area (Å²) in [6.45, 7) is 3.10. The molecule has 0 radical (unpaired) electrons. The Kier molecular flexibility index (Phi) is 6.59. The molecule has 1 amide bonds. The van der Waals surface area contributed by atoms with Crippen LogP contribution in [0.3, 0.4) is 0 Å². The third-order valence-corrected chi connectivity index (χ3v) is 6.75. The van der Waals surface area contributed by atoms with E-state index in [0.29, 0.717) is 23.9 Å². The van der Waals surface area contributed by atoms with Crippen molar-refractivity contribution in [3.05, 3.63) is 59.1 Å². The zero-order chi connectivity index (χ0) is 20.1. The van der Waals surface area contributed by atoms with E-state index in [4.69, 9.17) is 16.3 Å². The smallest absolute Gasteiger partial charge is 0.261 e. The zero-order valence-corrected chi connectivity index (χ0v) is 17.2. The summed E-state index contributed by atoms with van der Waals surface area (Å²) in [5, 5.41) is 3.39. The van der Waals surface area contributed by atoms with Crippen molar-refractivity contribution in [3.8, 4) is 5.75 Å². The molecule has 1 aliphatic heterocycles. The van der Waals surface area contributed by atoms with Crippen molar-refractivity contribution in [1.82, 2.24) is 9.62 Å². The zero-order valence-electron chi connectivity index (χ0n) is 15.6. The molecular formula is C20H23ClN2O4S. The average molecular weight is 423 g/mol. The fourth-order valence-electron chi connectivity index (χ4n) is 2.96. The first-order chi connectivity index (χ1) is 13.4. The van der Waals surface area contributed by atoms with E-state index < -0.39 is 16.1 Å². The lowest BCUT2D eigenvalue weighted by molar-refractivity contribution is -0.127. The van der Waals surface area contributed by atoms with Crippen LogP contribution in [0.1, 0.15) is 25.3 Å². The van der Waals surface area contributed by atoms with Gasteiger partial charge in [-0.3, -0.25) is 4.79 Å². The van der Waals surface area contributed by atoms with E-state index >= 15 is 0 Å². The van der Waals surface area contributed by atoms with Crippen LogP contribution in [-0.2, 0) is 21.4 Å². The number of nitrogens with one attached hydrogen (secondary N) is 1. The van der Waals surface area contributed by atoms with Crippen molar-refractivity contribution in [2.24, 2.45) is 0 Å². The van der Waals surface area contributed by atoms with Crippen molar-refractivity contribution in [2.75, 3.05) is 13.1 Å². The number of halogens is 1. The molecule has 0 spiro atoms. The molecule has 1 saturated heterocycles. The number of hydrogen-bond donors (Lipinski definition) is 1. The van der Waals surface area contributed by atoms with Crippen LogP contribution in [0.4, 0.5) is 0 Å². The Labute approximate surface area is 170 Å². The average Bonchev–Trinajstić information content (AvgIpc) is 3.24. The summed E-state index contributed by atoms with van der Waals surface area (Å²) in [6.07, 6.45) is 1.13. The molecule has 1 atom stereocenters. The molecule has 1 unspecified atom stereocenters. The van der Waals surface area contributed by atoms with Gasteiger partial charge in [-0.25, -0.2) is 8.42 Å². The second-order valence-corrected chi connectivity index (χ2v) is 9.06. The van der Waals surface area contributed by atoms with E-state index in [2.05, 4.69) is 5.32 Å². The maximum absolute atomic E-state index is 12.5. The SMILES string of the molecule is CC(Oc1ccc(Cl)cc1)C(=O)NCc1ccc(S(=O)(=O)N2CCCC2)cc1. The fourth-order valence-corrected chi connectivity index (χ4v) is 4.60. The first kappa shape index (κ1) is 20.6. The summed E-state index contributed by atoms with van der Waals surface area (Å²) in [6, 6.07) is 13.4. The maximum Gasteiger partial charge on any atom is 0.261 e. The first-order valence-corrected chi connectivity index (χ1v) is 11.0. The molecule has 1 N–H and O–H groups in total. The number of amides is 1. The summed E-state index contributed by atoms with van der Waals surface area (Å²) < 4.78 is 32.2. The number of rotatable bonds is 7. The largest absolute Gasteiger partial charge is 0.481 e. The monoisotopic (exact) mass is 422 g/mol. The minimum Gasteiger partial charge on any atom is -0.481 e. The van der Waals surface area contributed by atoms with Crippen molar-refractivity contribution in [3.63, 3.8) is 0 Å². The second kappa shape index (κ2) is 8.94. The minimum absolute atomic E-state index is 0.260. The van der Waals surface area contributed by atoms with Gasteiger partial charge in [-0.1, -0.05) is 23.7 Å². The third-order valence-electron chi connectivity index (χ3n) is 4.59. The molecule has 1 heterocycles. The molecule has 0 bridgehead atoms.